The number of rotatable bonds is 3. The third-order valence-electron chi connectivity index (χ3n) is 1.93. The molecular weight excluding hydrogens is 194 g/mol. The van der Waals surface area contributed by atoms with Gasteiger partial charge in [0.2, 0.25) is 5.91 Å². The molecule has 3 N–H and O–H groups in total. The van der Waals surface area contributed by atoms with Crippen molar-refractivity contribution in [2.45, 2.75) is 6.92 Å². The average molecular weight is 205 g/mol. The molecule has 0 aliphatic carbocycles. The normalized spacial score (nSPS) is 11.1. The van der Waals surface area contributed by atoms with Crippen molar-refractivity contribution in [2.75, 3.05) is 0 Å². The van der Waals surface area contributed by atoms with Gasteiger partial charge in [-0.1, -0.05) is 12.1 Å². The number of carboxylic acids is 1. The predicted octanol–water partition coefficient (Wildman–Crippen LogP) is 1.27. The summed E-state index contributed by atoms with van der Waals surface area (Å²) in [5.74, 6) is -1.46. The molecule has 0 aliphatic rings. The van der Waals surface area contributed by atoms with Crippen LogP contribution in [-0.2, 0) is 4.79 Å². The van der Waals surface area contributed by atoms with Crippen molar-refractivity contribution in [1.82, 2.24) is 0 Å². The van der Waals surface area contributed by atoms with Crippen LogP contribution in [0.3, 0.4) is 0 Å². The summed E-state index contributed by atoms with van der Waals surface area (Å²) in [7, 11) is 0. The maximum absolute atomic E-state index is 10.7. The zero-order valence-electron chi connectivity index (χ0n) is 8.23. The molecule has 15 heavy (non-hydrogen) atoms. The lowest BCUT2D eigenvalue weighted by atomic mass is 10.1. The van der Waals surface area contributed by atoms with Gasteiger partial charge in [-0.25, -0.2) is 4.79 Å². The lowest BCUT2D eigenvalue weighted by Crippen LogP contribution is -2.11. The summed E-state index contributed by atoms with van der Waals surface area (Å²) in [6.45, 7) is 1.60. The predicted molar refractivity (Wildman–Crippen MR) is 56.2 cm³/mol. The Hall–Kier alpha value is -2.10. The molecule has 0 aromatic heterocycles. The molecule has 0 radical (unpaired) electrons. The maximum atomic E-state index is 10.7. The minimum Gasteiger partial charge on any atom is -0.478 e. The second-order valence-corrected chi connectivity index (χ2v) is 3.12. The first-order chi connectivity index (χ1) is 7.00. The van der Waals surface area contributed by atoms with Crippen molar-refractivity contribution < 1.29 is 14.7 Å². The van der Waals surface area contributed by atoms with Crippen LogP contribution in [0.15, 0.2) is 29.8 Å². The number of primary amides is 1. The Kier molecular flexibility index (Phi) is 3.23. The first kappa shape index (κ1) is 11.0. The number of aromatic carboxylic acids is 1. The van der Waals surface area contributed by atoms with Crippen molar-refractivity contribution in [3.63, 3.8) is 0 Å². The average Bonchev–Trinajstić information content (AvgIpc) is 2.18. The van der Waals surface area contributed by atoms with Crippen molar-refractivity contribution >= 4 is 18.0 Å². The van der Waals surface area contributed by atoms with Crippen LogP contribution in [0.2, 0.25) is 0 Å². The van der Waals surface area contributed by atoms with Crippen LogP contribution in [0, 0.1) is 0 Å². The first-order valence-electron chi connectivity index (χ1n) is 4.32. The highest BCUT2D eigenvalue weighted by Gasteiger charge is 2.01. The van der Waals surface area contributed by atoms with Crippen LogP contribution >= 0.6 is 0 Å². The number of nitrogens with two attached hydrogens (primary N) is 1. The zero-order chi connectivity index (χ0) is 11.4. The number of hydrogen-bond donors (Lipinski definition) is 2. The monoisotopic (exact) mass is 205 g/mol. The molecular formula is C11H11NO3. The van der Waals surface area contributed by atoms with Crippen LogP contribution in [0.25, 0.3) is 6.08 Å². The standard InChI is InChI=1S/C11H11NO3/c1-7(10(12)13)6-8-2-4-9(5-3-8)11(14)15/h2-6H,1H3,(H2,12,13)(H,14,15). The first-order valence-corrected chi connectivity index (χ1v) is 4.32. The fourth-order valence-corrected chi connectivity index (χ4v) is 1.04. The van der Waals surface area contributed by atoms with Gasteiger partial charge in [0.05, 0.1) is 5.56 Å². The lowest BCUT2D eigenvalue weighted by molar-refractivity contribution is -0.114. The van der Waals surface area contributed by atoms with Crippen LogP contribution in [-0.4, -0.2) is 17.0 Å². The Morgan fingerprint density at radius 3 is 2.20 bits per heavy atom. The van der Waals surface area contributed by atoms with E-state index in [0.717, 1.165) is 5.56 Å². The fraction of sp³-hybridized carbons (Fsp3) is 0.0909. The summed E-state index contributed by atoms with van der Waals surface area (Å²) in [6, 6.07) is 6.19. The Morgan fingerprint density at radius 1 is 1.27 bits per heavy atom. The molecule has 1 aromatic rings. The van der Waals surface area contributed by atoms with Gasteiger partial charge >= 0.3 is 5.97 Å². The van der Waals surface area contributed by atoms with E-state index in [9.17, 15) is 9.59 Å². The molecule has 0 spiro atoms. The molecule has 0 fully saturated rings. The van der Waals surface area contributed by atoms with Gasteiger partial charge in [-0.2, -0.15) is 0 Å². The molecule has 0 atom stereocenters. The molecule has 0 aliphatic heterocycles. The summed E-state index contributed by atoms with van der Waals surface area (Å²) >= 11 is 0. The van der Waals surface area contributed by atoms with E-state index in [1.165, 1.54) is 12.1 Å². The van der Waals surface area contributed by atoms with Crippen LogP contribution in [0.1, 0.15) is 22.8 Å². The van der Waals surface area contributed by atoms with Gasteiger partial charge in [-0.3, -0.25) is 4.79 Å². The zero-order valence-corrected chi connectivity index (χ0v) is 8.23. The number of carbonyl (C=O) groups is 2. The summed E-state index contributed by atoms with van der Waals surface area (Å²) in [6.07, 6.45) is 1.61. The van der Waals surface area contributed by atoms with Crippen LogP contribution in [0.5, 0.6) is 0 Å². The van der Waals surface area contributed by atoms with Gasteiger partial charge in [0.25, 0.3) is 0 Å². The minimum atomic E-state index is -0.975. The number of benzene rings is 1. The van der Waals surface area contributed by atoms with Gasteiger partial charge < -0.3 is 10.8 Å². The quantitative estimate of drug-likeness (QED) is 0.729. The molecule has 0 unspecified atom stereocenters. The molecule has 0 saturated carbocycles. The second-order valence-electron chi connectivity index (χ2n) is 3.12. The van der Waals surface area contributed by atoms with Crippen LogP contribution in [0.4, 0.5) is 0 Å². The third-order valence-corrected chi connectivity index (χ3v) is 1.93. The largest absolute Gasteiger partial charge is 0.478 e. The Labute approximate surface area is 87.0 Å². The SMILES string of the molecule is CC(=Cc1ccc(C(=O)O)cc1)C(N)=O. The van der Waals surface area contributed by atoms with E-state index in [4.69, 9.17) is 10.8 Å². The lowest BCUT2D eigenvalue weighted by Gasteiger charge is -1.97. The smallest absolute Gasteiger partial charge is 0.335 e. The van der Waals surface area contributed by atoms with Gasteiger partial charge in [-0.05, 0) is 30.7 Å². The van der Waals surface area contributed by atoms with Crippen molar-refractivity contribution in [1.29, 1.82) is 0 Å². The van der Waals surface area contributed by atoms with Gasteiger partial charge in [-0.15, -0.1) is 0 Å². The van der Waals surface area contributed by atoms with Gasteiger partial charge in [0.15, 0.2) is 0 Å². The Morgan fingerprint density at radius 2 is 1.80 bits per heavy atom. The minimum absolute atomic E-state index is 0.212. The fourth-order valence-electron chi connectivity index (χ4n) is 1.04. The number of hydrogen-bond acceptors (Lipinski definition) is 2. The highest BCUT2D eigenvalue weighted by atomic mass is 16.4. The number of carboxylic acid groups (broad SMARTS) is 1. The van der Waals surface area contributed by atoms with Crippen molar-refractivity contribution in [2.24, 2.45) is 5.73 Å². The van der Waals surface area contributed by atoms with Gasteiger partial charge in [0, 0.05) is 5.57 Å². The van der Waals surface area contributed by atoms with E-state index in [1.807, 2.05) is 0 Å². The molecule has 0 saturated heterocycles. The van der Waals surface area contributed by atoms with E-state index in [2.05, 4.69) is 0 Å². The Balaban J connectivity index is 2.95. The molecule has 4 heteroatoms. The molecule has 0 heterocycles. The highest BCUT2D eigenvalue weighted by Crippen LogP contribution is 2.08. The summed E-state index contributed by atoms with van der Waals surface area (Å²) in [4.78, 5) is 21.3. The molecule has 78 valence electrons. The number of carbonyl (C=O) groups excluding carboxylic acids is 1. The van der Waals surface area contributed by atoms with Crippen molar-refractivity contribution in [3.8, 4) is 0 Å². The summed E-state index contributed by atoms with van der Waals surface area (Å²) in [5, 5.41) is 8.66. The second kappa shape index (κ2) is 4.41. The molecule has 0 bridgehead atoms. The summed E-state index contributed by atoms with van der Waals surface area (Å²) < 4.78 is 0. The Bertz CT molecular complexity index is 418. The molecule has 1 rings (SSSR count). The van der Waals surface area contributed by atoms with Crippen LogP contribution < -0.4 is 5.73 Å². The van der Waals surface area contributed by atoms with E-state index < -0.39 is 11.9 Å². The maximum Gasteiger partial charge on any atom is 0.335 e. The number of amides is 1. The highest BCUT2D eigenvalue weighted by molar-refractivity contribution is 5.96. The summed E-state index contributed by atoms with van der Waals surface area (Å²) in [5.41, 5.74) is 6.45. The van der Waals surface area contributed by atoms with Gasteiger partial charge in [0.1, 0.15) is 0 Å². The molecule has 1 aromatic carbocycles. The van der Waals surface area contributed by atoms with E-state index in [0.29, 0.717) is 5.57 Å². The van der Waals surface area contributed by atoms with E-state index >= 15 is 0 Å². The molecule has 1 amide bonds. The third kappa shape index (κ3) is 2.95. The van der Waals surface area contributed by atoms with Crippen molar-refractivity contribution in [3.05, 3.63) is 41.0 Å². The van der Waals surface area contributed by atoms with E-state index in [-0.39, 0.29) is 5.56 Å². The van der Waals surface area contributed by atoms with E-state index in [1.54, 1.807) is 25.1 Å². The topological polar surface area (TPSA) is 80.4 Å². The molecule has 4 nitrogen and oxygen atoms in total.